The van der Waals surface area contributed by atoms with Crippen molar-refractivity contribution in [1.82, 2.24) is 4.98 Å². The molecule has 11 heteroatoms. The molecule has 0 saturated carbocycles. The van der Waals surface area contributed by atoms with Crippen LogP contribution in [0.1, 0.15) is 22.8 Å². The summed E-state index contributed by atoms with van der Waals surface area (Å²) < 4.78 is 59.1. The van der Waals surface area contributed by atoms with E-state index >= 15 is 0 Å². The number of halogens is 2. The molecule has 0 amide bonds. The Hall–Kier alpha value is -3.37. The van der Waals surface area contributed by atoms with E-state index in [4.69, 9.17) is 25.8 Å². The van der Waals surface area contributed by atoms with Crippen molar-refractivity contribution in [2.45, 2.75) is 18.4 Å². The highest BCUT2D eigenvalue weighted by Crippen LogP contribution is 2.38. The Morgan fingerprint density at radius 2 is 2.00 bits per heavy atom. The second-order valence-electron chi connectivity index (χ2n) is 6.98. The summed E-state index contributed by atoms with van der Waals surface area (Å²) in [6.45, 7) is 1.76. The van der Waals surface area contributed by atoms with Crippen LogP contribution in [-0.2, 0) is 21.4 Å². The minimum Gasteiger partial charge on any atom is -0.494 e. The molecule has 33 heavy (non-hydrogen) atoms. The number of hydrogen-bond acceptors (Lipinski definition) is 7. The zero-order chi connectivity index (χ0) is 23.8. The smallest absolute Gasteiger partial charge is 0.338 e. The second-order valence-corrected chi connectivity index (χ2v) is 9.04. The van der Waals surface area contributed by atoms with Crippen molar-refractivity contribution >= 4 is 33.3 Å². The molecule has 4 rings (SSSR count). The number of carbonyl (C=O) groups excluding carboxylic acids is 1. The Labute approximate surface area is 194 Å². The first-order valence-corrected chi connectivity index (χ1v) is 11.6. The van der Waals surface area contributed by atoms with E-state index in [0.717, 1.165) is 12.1 Å². The van der Waals surface area contributed by atoms with E-state index in [9.17, 15) is 17.6 Å². The summed E-state index contributed by atoms with van der Waals surface area (Å²) in [5, 5.41) is -0.100. The van der Waals surface area contributed by atoms with Crippen molar-refractivity contribution in [2.75, 3.05) is 18.4 Å². The second kappa shape index (κ2) is 8.87. The van der Waals surface area contributed by atoms with Crippen LogP contribution in [0.3, 0.4) is 0 Å². The molecule has 3 aromatic rings. The number of benzene rings is 2. The van der Waals surface area contributed by atoms with Crippen LogP contribution in [0.25, 0.3) is 11.1 Å². The normalized spacial score (nSPS) is 14.5. The van der Waals surface area contributed by atoms with Crippen LogP contribution in [0.4, 0.5) is 10.1 Å². The van der Waals surface area contributed by atoms with Gasteiger partial charge >= 0.3 is 5.97 Å². The molecule has 0 atom stereocenters. The Bertz CT molecular complexity index is 1360. The van der Waals surface area contributed by atoms with E-state index < -0.39 is 21.9 Å². The van der Waals surface area contributed by atoms with Gasteiger partial charge in [-0.15, -0.1) is 0 Å². The van der Waals surface area contributed by atoms with Gasteiger partial charge < -0.3 is 14.2 Å². The molecule has 172 valence electrons. The van der Waals surface area contributed by atoms with Crippen molar-refractivity contribution in [3.8, 4) is 22.6 Å². The zero-order valence-corrected chi connectivity index (χ0v) is 19.1. The summed E-state index contributed by atoms with van der Waals surface area (Å²) in [5.74, 6) is -1.47. The molecule has 1 N–H and O–H groups in total. The molecular weight excluding hydrogens is 475 g/mol. The minimum atomic E-state index is -4.30. The van der Waals surface area contributed by atoms with Crippen LogP contribution in [0, 0.1) is 5.95 Å². The average molecular weight is 493 g/mol. The molecule has 1 aliphatic heterocycles. The number of anilines is 1. The zero-order valence-electron chi connectivity index (χ0n) is 17.5. The lowest BCUT2D eigenvalue weighted by molar-refractivity contribution is 0.0472. The van der Waals surface area contributed by atoms with Crippen LogP contribution < -0.4 is 14.2 Å². The third-order valence-electron chi connectivity index (χ3n) is 4.89. The number of rotatable bonds is 3. The van der Waals surface area contributed by atoms with Crippen LogP contribution in [0.5, 0.6) is 11.5 Å². The maximum Gasteiger partial charge on any atom is 0.338 e. The fraction of sp³-hybridized carbons (Fsp3) is 0.182. The SMILES string of the molecule is CCOc1ccc2cc1NS(=O)(=O)c1cc(cc(Cl)c1OC)C(=O)OCc1cc(F)ncc1-2. The van der Waals surface area contributed by atoms with Gasteiger partial charge in [-0.2, -0.15) is 4.39 Å². The van der Waals surface area contributed by atoms with E-state index in [1.54, 1.807) is 19.1 Å². The molecule has 0 unspecified atom stereocenters. The van der Waals surface area contributed by atoms with Gasteiger partial charge in [0.05, 0.1) is 30.0 Å². The van der Waals surface area contributed by atoms with Crippen molar-refractivity contribution in [2.24, 2.45) is 0 Å². The molecular formula is C22H18ClFN2O6S. The van der Waals surface area contributed by atoms with Crippen molar-refractivity contribution in [3.63, 3.8) is 0 Å². The number of nitrogens with one attached hydrogen (secondary N) is 1. The molecule has 0 fully saturated rings. The van der Waals surface area contributed by atoms with Crippen LogP contribution >= 0.6 is 11.6 Å². The molecule has 4 bridgehead atoms. The first-order valence-electron chi connectivity index (χ1n) is 9.72. The molecule has 1 aliphatic rings. The topological polar surface area (TPSA) is 104 Å². The summed E-state index contributed by atoms with van der Waals surface area (Å²) in [6.07, 6.45) is 1.28. The Kier molecular flexibility index (Phi) is 6.13. The number of hydrogen-bond donors (Lipinski definition) is 1. The van der Waals surface area contributed by atoms with Crippen molar-refractivity contribution in [1.29, 1.82) is 0 Å². The number of esters is 1. The molecule has 8 nitrogen and oxygen atoms in total. The third kappa shape index (κ3) is 4.44. The Morgan fingerprint density at radius 3 is 2.73 bits per heavy atom. The van der Waals surface area contributed by atoms with Crippen LogP contribution in [0.15, 0.2) is 47.5 Å². The first-order chi connectivity index (χ1) is 15.7. The summed E-state index contributed by atoms with van der Waals surface area (Å²) in [5.41, 5.74) is 1.31. The largest absolute Gasteiger partial charge is 0.494 e. The number of methoxy groups -OCH3 is 1. The van der Waals surface area contributed by atoms with Gasteiger partial charge in [-0.3, -0.25) is 4.72 Å². The number of carbonyl (C=O) groups is 1. The quantitative estimate of drug-likeness (QED) is 0.426. The maximum absolute atomic E-state index is 13.9. The van der Waals surface area contributed by atoms with Gasteiger partial charge in [-0.25, -0.2) is 18.2 Å². The summed E-state index contributed by atoms with van der Waals surface area (Å²) in [4.78, 5) is 16.0. The van der Waals surface area contributed by atoms with Gasteiger partial charge in [0, 0.05) is 23.4 Å². The summed E-state index contributed by atoms with van der Waals surface area (Å²) in [7, 11) is -3.03. The standard InChI is InChI=1S/C22H18ClFN2O6S/c1-3-31-18-5-4-12-7-17(18)26-33(28,29)19-8-13(6-16(23)21(19)30-2)22(27)32-11-14-9-20(24)25-10-15(12)14/h4-10,26H,3,11H2,1-2H3. The predicted octanol–water partition coefficient (Wildman–Crippen LogP) is 4.42. The minimum absolute atomic E-state index is 0.100. The number of pyridine rings is 1. The molecule has 0 spiro atoms. The van der Waals surface area contributed by atoms with Gasteiger partial charge in [-0.1, -0.05) is 17.7 Å². The average Bonchev–Trinajstić information content (AvgIpc) is 2.78. The number of ether oxygens (including phenoxy) is 3. The number of sulfonamides is 1. The van der Waals surface area contributed by atoms with Crippen molar-refractivity contribution < 1.29 is 31.8 Å². The molecule has 0 radical (unpaired) electrons. The van der Waals surface area contributed by atoms with E-state index in [1.807, 2.05) is 0 Å². The van der Waals surface area contributed by atoms with E-state index in [2.05, 4.69) is 9.71 Å². The van der Waals surface area contributed by atoms with Gasteiger partial charge in [0.25, 0.3) is 10.0 Å². The lowest BCUT2D eigenvalue weighted by Crippen LogP contribution is -2.16. The van der Waals surface area contributed by atoms with E-state index in [0.29, 0.717) is 16.7 Å². The van der Waals surface area contributed by atoms with Gasteiger partial charge in [0.1, 0.15) is 17.3 Å². The Balaban J connectivity index is 2.00. The maximum atomic E-state index is 13.9. The van der Waals surface area contributed by atoms with Gasteiger partial charge in [-0.05, 0) is 36.8 Å². The van der Waals surface area contributed by atoms with Crippen LogP contribution in [0.2, 0.25) is 5.02 Å². The lowest BCUT2D eigenvalue weighted by atomic mass is 10.0. The highest BCUT2D eigenvalue weighted by Gasteiger charge is 2.27. The highest BCUT2D eigenvalue weighted by molar-refractivity contribution is 7.92. The van der Waals surface area contributed by atoms with Crippen molar-refractivity contribution in [3.05, 3.63) is 64.7 Å². The summed E-state index contributed by atoms with van der Waals surface area (Å²) in [6, 6.07) is 8.26. The molecule has 1 aromatic heterocycles. The number of fused-ring (bicyclic) bond motifs is 6. The third-order valence-corrected chi connectivity index (χ3v) is 6.54. The molecule has 2 heterocycles. The Morgan fingerprint density at radius 1 is 1.21 bits per heavy atom. The number of aromatic nitrogens is 1. The van der Waals surface area contributed by atoms with Gasteiger partial charge in [0.2, 0.25) is 5.95 Å². The van der Waals surface area contributed by atoms with E-state index in [1.165, 1.54) is 25.4 Å². The van der Waals surface area contributed by atoms with E-state index in [-0.39, 0.29) is 45.9 Å². The highest BCUT2D eigenvalue weighted by atomic mass is 35.5. The predicted molar refractivity (Wildman–Crippen MR) is 119 cm³/mol. The van der Waals surface area contributed by atoms with Crippen LogP contribution in [-0.4, -0.2) is 33.1 Å². The fourth-order valence-electron chi connectivity index (χ4n) is 3.42. The number of cyclic esters (lactones) is 1. The van der Waals surface area contributed by atoms with Gasteiger partial charge in [0.15, 0.2) is 5.75 Å². The molecule has 0 aliphatic carbocycles. The molecule has 0 saturated heterocycles. The molecule has 2 aromatic carbocycles. The monoisotopic (exact) mass is 492 g/mol. The summed E-state index contributed by atoms with van der Waals surface area (Å²) >= 11 is 6.21. The lowest BCUT2D eigenvalue weighted by Gasteiger charge is -2.17. The first kappa shape index (κ1) is 22.8. The fourth-order valence-corrected chi connectivity index (χ4v) is 5.05. The number of nitrogens with zero attached hydrogens (tertiary/aromatic N) is 1.